The summed E-state index contributed by atoms with van der Waals surface area (Å²) >= 11 is 18.6. The first-order chi connectivity index (χ1) is 18.8. The zero-order valence-electron chi connectivity index (χ0n) is 19.6. The number of rotatable bonds is 5. The molecule has 196 valence electrons. The van der Waals surface area contributed by atoms with E-state index in [2.05, 4.69) is 30.6 Å². The van der Waals surface area contributed by atoms with Crippen LogP contribution in [-0.2, 0) is 6.42 Å². The van der Waals surface area contributed by atoms with E-state index in [1.165, 1.54) is 16.9 Å². The molecule has 1 aliphatic heterocycles. The molecular weight excluding hydrogens is 569 g/mol. The second-order valence-corrected chi connectivity index (χ2v) is 9.80. The molecule has 6 rings (SSSR count). The summed E-state index contributed by atoms with van der Waals surface area (Å²) in [6.45, 7) is 0. The van der Waals surface area contributed by atoms with E-state index >= 15 is 0 Å². The normalized spacial score (nSPS) is 14.4. The van der Waals surface area contributed by atoms with Gasteiger partial charge in [-0.05, 0) is 36.8 Å². The first-order valence-electron chi connectivity index (χ1n) is 11.5. The van der Waals surface area contributed by atoms with Crippen LogP contribution in [0.1, 0.15) is 24.1 Å². The molecule has 0 fully saturated rings. The topological polar surface area (TPSA) is 156 Å². The van der Waals surface area contributed by atoms with Crippen molar-refractivity contribution in [3.63, 3.8) is 0 Å². The van der Waals surface area contributed by atoms with Crippen LogP contribution in [0.15, 0.2) is 53.6 Å². The molecule has 1 amide bonds. The van der Waals surface area contributed by atoms with Gasteiger partial charge in [-0.25, -0.2) is 19.4 Å². The smallest absolute Gasteiger partial charge is 0.409 e. The monoisotopic (exact) mass is 583 g/mol. The van der Waals surface area contributed by atoms with Gasteiger partial charge in [0, 0.05) is 23.1 Å². The number of aromatic amines is 1. The molecule has 1 aliphatic rings. The van der Waals surface area contributed by atoms with Gasteiger partial charge < -0.3 is 10.1 Å². The summed E-state index contributed by atoms with van der Waals surface area (Å²) in [5, 5.41) is 19.8. The maximum atomic E-state index is 13.4. The van der Waals surface area contributed by atoms with Crippen LogP contribution in [0.5, 0.6) is 0 Å². The summed E-state index contributed by atoms with van der Waals surface area (Å²) in [7, 11) is 0. The van der Waals surface area contributed by atoms with Gasteiger partial charge >= 0.3 is 6.09 Å². The number of fused-ring (bicyclic) bond motifs is 1. The number of anilines is 1. The van der Waals surface area contributed by atoms with Crippen molar-refractivity contribution in [2.75, 3.05) is 5.32 Å². The Morgan fingerprint density at radius 2 is 1.95 bits per heavy atom. The summed E-state index contributed by atoms with van der Waals surface area (Å²) < 4.78 is 3.08. The highest BCUT2D eigenvalue weighted by Crippen LogP contribution is 2.34. The van der Waals surface area contributed by atoms with Crippen LogP contribution in [0.2, 0.25) is 15.3 Å². The number of nitrogens with one attached hydrogen (secondary N) is 2. The van der Waals surface area contributed by atoms with Crippen molar-refractivity contribution >= 4 is 46.6 Å². The number of aromatic nitrogens is 8. The molecule has 0 saturated heterocycles. The largest absolute Gasteiger partial charge is 0.465 e. The van der Waals surface area contributed by atoms with E-state index in [4.69, 9.17) is 44.9 Å². The Kier molecular flexibility index (Phi) is 6.29. The lowest BCUT2D eigenvalue weighted by molar-refractivity contribution is 0.209. The summed E-state index contributed by atoms with van der Waals surface area (Å²) in [6.07, 6.45) is 2.83. The van der Waals surface area contributed by atoms with Gasteiger partial charge in [-0.3, -0.25) is 19.7 Å². The number of aryl methyl sites for hydroxylation is 1. The van der Waals surface area contributed by atoms with Gasteiger partial charge in [0.25, 0.3) is 5.56 Å². The SMILES string of the molecule is O=C(O)Nc1ccc(-c2[nH]c([C@@H]3CCc4nc(-c5cc(Cl)ccc5-n5cc(Cl)nn5)cc(=O)n43)nc2Cl)nc1. The van der Waals surface area contributed by atoms with Crippen LogP contribution < -0.4 is 10.9 Å². The number of benzene rings is 1. The van der Waals surface area contributed by atoms with Crippen LogP contribution in [0, 0.1) is 0 Å². The number of pyridine rings is 1. The third kappa shape index (κ3) is 4.73. The molecule has 4 aromatic heterocycles. The number of carbonyl (C=O) groups is 1. The minimum Gasteiger partial charge on any atom is -0.465 e. The standard InChI is InChI=1S/C24H16Cl3N9O3/c25-11-1-4-16(35-10-18(26)33-34-35)13(7-11)15-8-20(37)36-17(5-6-19(36)30-15)23-31-21(22(27)32-23)14-3-2-12(9-28-14)29-24(38)39/h1-4,7-10,17,29H,5-6H2,(H,31,32)(H,38,39)/t17-/m0/s1. The Hall–Kier alpha value is -4.26. The molecule has 5 heterocycles. The molecule has 1 aromatic carbocycles. The van der Waals surface area contributed by atoms with Crippen molar-refractivity contribution < 1.29 is 9.90 Å². The molecule has 0 radical (unpaired) electrons. The molecule has 0 spiro atoms. The molecule has 0 aliphatic carbocycles. The minimum absolute atomic E-state index is 0.178. The number of H-pyrrole nitrogens is 1. The minimum atomic E-state index is -1.19. The van der Waals surface area contributed by atoms with E-state index in [1.807, 2.05) is 0 Å². The third-order valence-electron chi connectivity index (χ3n) is 6.19. The van der Waals surface area contributed by atoms with Crippen molar-refractivity contribution in [3.05, 3.63) is 86.1 Å². The predicted octanol–water partition coefficient (Wildman–Crippen LogP) is 4.86. The van der Waals surface area contributed by atoms with Crippen LogP contribution in [0.25, 0.3) is 28.3 Å². The number of amides is 1. The predicted molar refractivity (Wildman–Crippen MR) is 144 cm³/mol. The number of nitrogens with zero attached hydrogens (tertiary/aromatic N) is 7. The highest BCUT2D eigenvalue weighted by Gasteiger charge is 2.30. The van der Waals surface area contributed by atoms with Crippen molar-refractivity contribution in [2.24, 2.45) is 0 Å². The fourth-order valence-corrected chi connectivity index (χ4v) is 5.08. The van der Waals surface area contributed by atoms with Gasteiger partial charge in [-0.15, -0.1) is 5.10 Å². The molecule has 0 bridgehead atoms. The molecule has 12 nitrogen and oxygen atoms in total. The Bertz CT molecular complexity index is 1800. The van der Waals surface area contributed by atoms with E-state index in [0.29, 0.717) is 63.5 Å². The van der Waals surface area contributed by atoms with Gasteiger partial charge in [-0.2, -0.15) is 0 Å². The first kappa shape index (κ1) is 25.0. The second-order valence-electron chi connectivity index (χ2n) is 8.62. The fourth-order valence-electron chi connectivity index (χ4n) is 4.55. The van der Waals surface area contributed by atoms with E-state index in [0.717, 1.165) is 0 Å². The average molecular weight is 585 g/mol. The molecular formula is C24H16Cl3N9O3. The quantitative estimate of drug-likeness (QED) is 0.264. The fraction of sp³-hybridized carbons (Fsp3) is 0.125. The zero-order valence-corrected chi connectivity index (χ0v) is 21.9. The maximum Gasteiger partial charge on any atom is 0.409 e. The number of hydrogen-bond donors (Lipinski definition) is 3. The van der Waals surface area contributed by atoms with Gasteiger partial charge in [-0.1, -0.05) is 40.0 Å². The number of imidazole rings is 1. The number of carboxylic acid groups (broad SMARTS) is 1. The Morgan fingerprint density at radius 1 is 1.10 bits per heavy atom. The highest BCUT2D eigenvalue weighted by molar-refractivity contribution is 6.32. The van der Waals surface area contributed by atoms with Crippen molar-refractivity contribution in [2.45, 2.75) is 18.9 Å². The number of hydrogen-bond acceptors (Lipinski definition) is 7. The maximum absolute atomic E-state index is 13.4. The Morgan fingerprint density at radius 3 is 2.67 bits per heavy atom. The Balaban J connectivity index is 1.35. The Labute approximate surface area is 234 Å². The molecule has 0 unspecified atom stereocenters. The molecule has 0 saturated carbocycles. The summed E-state index contributed by atoms with van der Waals surface area (Å²) in [5.41, 5.74) is 2.62. The van der Waals surface area contributed by atoms with Crippen LogP contribution >= 0.6 is 34.8 Å². The molecule has 39 heavy (non-hydrogen) atoms. The van der Waals surface area contributed by atoms with Crippen molar-refractivity contribution in [3.8, 4) is 28.3 Å². The average Bonchev–Trinajstić information content (AvgIpc) is 3.62. The van der Waals surface area contributed by atoms with Gasteiger partial charge in [0.2, 0.25) is 0 Å². The number of halogens is 3. The van der Waals surface area contributed by atoms with Gasteiger partial charge in [0.05, 0.1) is 41.2 Å². The summed E-state index contributed by atoms with van der Waals surface area (Å²) in [5.74, 6) is 1.07. The van der Waals surface area contributed by atoms with Gasteiger partial charge in [0.1, 0.15) is 17.3 Å². The van der Waals surface area contributed by atoms with Crippen LogP contribution in [0.4, 0.5) is 10.5 Å². The summed E-state index contributed by atoms with van der Waals surface area (Å²) in [6, 6.07) is 9.37. The lowest BCUT2D eigenvalue weighted by Crippen LogP contribution is -2.25. The van der Waals surface area contributed by atoms with Crippen molar-refractivity contribution in [1.29, 1.82) is 0 Å². The lowest BCUT2D eigenvalue weighted by atomic mass is 10.1. The van der Waals surface area contributed by atoms with Gasteiger partial charge in [0.15, 0.2) is 10.3 Å². The molecule has 15 heteroatoms. The molecule has 1 atom stereocenters. The van der Waals surface area contributed by atoms with E-state index in [-0.39, 0.29) is 15.9 Å². The first-order valence-corrected chi connectivity index (χ1v) is 12.6. The zero-order chi connectivity index (χ0) is 27.3. The summed E-state index contributed by atoms with van der Waals surface area (Å²) in [4.78, 5) is 40.9. The van der Waals surface area contributed by atoms with Crippen LogP contribution in [0.3, 0.4) is 0 Å². The van der Waals surface area contributed by atoms with E-state index in [1.54, 1.807) is 41.1 Å². The van der Waals surface area contributed by atoms with E-state index in [9.17, 15) is 9.59 Å². The highest BCUT2D eigenvalue weighted by atomic mass is 35.5. The molecule has 3 N–H and O–H groups in total. The molecule has 5 aromatic rings. The van der Waals surface area contributed by atoms with Crippen LogP contribution in [-0.4, -0.2) is 50.7 Å². The third-order valence-corrected chi connectivity index (χ3v) is 6.87. The van der Waals surface area contributed by atoms with E-state index < -0.39 is 12.1 Å². The second kappa shape index (κ2) is 9.80. The lowest BCUT2D eigenvalue weighted by Gasteiger charge is -2.14. The van der Waals surface area contributed by atoms with Crippen molar-refractivity contribution in [1.82, 2.24) is 39.5 Å².